The van der Waals surface area contributed by atoms with Gasteiger partial charge in [-0.2, -0.15) is 0 Å². The number of nitrogens with one attached hydrogen (secondary N) is 1. The summed E-state index contributed by atoms with van der Waals surface area (Å²) in [6.45, 7) is 6.85. The summed E-state index contributed by atoms with van der Waals surface area (Å²) in [5.74, 6) is -0.895. The zero-order valence-electron chi connectivity index (χ0n) is 22.7. The second-order valence-electron chi connectivity index (χ2n) is 10.2. The molecule has 40 heavy (non-hydrogen) atoms. The van der Waals surface area contributed by atoms with Crippen LogP contribution in [0, 0.1) is 0 Å². The predicted molar refractivity (Wildman–Crippen MR) is 164 cm³/mol. The first-order chi connectivity index (χ1) is 18.7. The first-order valence-electron chi connectivity index (χ1n) is 12.6. The van der Waals surface area contributed by atoms with Gasteiger partial charge < -0.3 is 10.2 Å². The minimum atomic E-state index is -4.13. The van der Waals surface area contributed by atoms with Crippen LogP contribution in [0.25, 0.3) is 0 Å². The molecule has 0 fully saturated rings. The Morgan fingerprint density at radius 1 is 0.950 bits per heavy atom. The highest BCUT2D eigenvalue weighted by Crippen LogP contribution is 2.27. The van der Waals surface area contributed by atoms with Crippen molar-refractivity contribution >= 4 is 66.7 Å². The van der Waals surface area contributed by atoms with E-state index in [1.165, 1.54) is 17.0 Å². The molecule has 3 rings (SSSR count). The molecule has 11 heteroatoms. The SMILES string of the molecule is CCC(C(=O)NC(C)(C)C)N(Cc1ccc(Cl)c(Cl)c1)C(=O)CN(c1ccc(Br)cc1)S(=O)(=O)c1ccccc1. The van der Waals surface area contributed by atoms with E-state index < -0.39 is 34.1 Å². The smallest absolute Gasteiger partial charge is 0.264 e. The lowest BCUT2D eigenvalue weighted by molar-refractivity contribution is -0.141. The van der Waals surface area contributed by atoms with Crippen LogP contribution in [0.4, 0.5) is 5.69 Å². The minimum absolute atomic E-state index is 0.0192. The number of halogens is 3. The first-order valence-corrected chi connectivity index (χ1v) is 15.6. The van der Waals surface area contributed by atoms with Crippen molar-refractivity contribution in [3.8, 4) is 0 Å². The molecule has 214 valence electrons. The van der Waals surface area contributed by atoms with Gasteiger partial charge in [0.15, 0.2) is 0 Å². The summed E-state index contributed by atoms with van der Waals surface area (Å²) in [5, 5.41) is 3.61. The Morgan fingerprint density at radius 3 is 2.12 bits per heavy atom. The van der Waals surface area contributed by atoms with Crippen molar-refractivity contribution in [1.29, 1.82) is 0 Å². The molecule has 0 saturated carbocycles. The lowest BCUT2D eigenvalue weighted by atomic mass is 10.1. The van der Waals surface area contributed by atoms with E-state index in [0.29, 0.717) is 27.7 Å². The number of carbonyl (C=O) groups is 2. The van der Waals surface area contributed by atoms with Gasteiger partial charge in [0.2, 0.25) is 11.8 Å². The fourth-order valence-electron chi connectivity index (χ4n) is 4.06. The van der Waals surface area contributed by atoms with E-state index in [1.54, 1.807) is 67.6 Å². The van der Waals surface area contributed by atoms with Crippen molar-refractivity contribution in [1.82, 2.24) is 10.2 Å². The summed E-state index contributed by atoms with van der Waals surface area (Å²) >= 11 is 15.7. The summed E-state index contributed by atoms with van der Waals surface area (Å²) in [5.41, 5.74) is 0.413. The topological polar surface area (TPSA) is 86.8 Å². The van der Waals surface area contributed by atoms with Crippen LogP contribution < -0.4 is 9.62 Å². The largest absolute Gasteiger partial charge is 0.350 e. The average Bonchev–Trinajstić information content (AvgIpc) is 2.89. The Bertz CT molecular complexity index is 1450. The van der Waals surface area contributed by atoms with E-state index >= 15 is 0 Å². The maximum Gasteiger partial charge on any atom is 0.264 e. The Hall–Kier alpha value is -2.59. The monoisotopic (exact) mass is 667 g/mol. The molecule has 0 heterocycles. The number of nitrogens with zero attached hydrogens (tertiary/aromatic N) is 2. The third-order valence-electron chi connectivity index (χ3n) is 5.95. The number of hydrogen-bond donors (Lipinski definition) is 1. The van der Waals surface area contributed by atoms with Crippen molar-refractivity contribution in [3.63, 3.8) is 0 Å². The van der Waals surface area contributed by atoms with Crippen LogP contribution in [0.15, 0.2) is 82.2 Å². The Balaban J connectivity index is 2.07. The lowest BCUT2D eigenvalue weighted by Crippen LogP contribution is -2.55. The van der Waals surface area contributed by atoms with E-state index in [-0.39, 0.29) is 17.3 Å². The highest BCUT2D eigenvalue weighted by molar-refractivity contribution is 9.10. The van der Waals surface area contributed by atoms with Crippen LogP contribution in [0.1, 0.15) is 39.7 Å². The number of sulfonamides is 1. The van der Waals surface area contributed by atoms with Crippen LogP contribution in [-0.4, -0.2) is 43.3 Å². The van der Waals surface area contributed by atoms with Crippen LogP contribution in [0.2, 0.25) is 10.0 Å². The average molecular weight is 669 g/mol. The summed E-state index contributed by atoms with van der Waals surface area (Å²) in [4.78, 5) is 28.9. The highest BCUT2D eigenvalue weighted by Gasteiger charge is 2.34. The number of hydrogen-bond acceptors (Lipinski definition) is 4. The molecule has 3 aromatic carbocycles. The zero-order chi connectivity index (χ0) is 29.7. The maximum atomic E-state index is 14.1. The first kappa shape index (κ1) is 31.9. The van der Waals surface area contributed by atoms with Gasteiger partial charge in [0.1, 0.15) is 12.6 Å². The van der Waals surface area contributed by atoms with Gasteiger partial charge in [-0.15, -0.1) is 0 Å². The van der Waals surface area contributed by atoms with Gasteiger partial charge in [-0.3, -0.25) is 13.9 Å². The van der Waals surface area contributed by atoms with Gasteiger partial charge in [0.05, 0.1) is 20.6 Å². The normalized spacial score (nSPS) is 12.5. The molecule has 0 aliphatic heterocycles. The van der Waals surface area contributed by atoms with Gasteiger partial charge in [-0.25, -0.2) is 8.42 Å². The van der Waals surface area contributed by atoms with Crippen LogP contribution in [-0.2, 0) is 26.2 Å². The summed E-state index contributed by atoms with van der Waals surface area (Å²) in [6, 6.07) is 18.6. The van der Waals surface area contributed by atoms with Gasteiger partial charge >= 0.3 is 0 Å². The van der Waals surface area contributed by atoms with Crippen LogP contribution in [0.5, 0.6) is 0 Å². The van der Waals surface area contributed by atoms with Crippen molar-refractivity contribution in [3.05, 3.63) is 92.9 Å². The third-order valence-corrected chi connectivity index (χ3v) is 9.00. The fraction of sp³-hybridized carbons (Fsp3) is 0.310. The van der Waals surface area contributed by atoms with Gasteiger partial charge in [-0.05, 0) is 81.3 Å². The highest BCUT2D eigenvalue weighted by atomic mass is 79.9. The van der Waals surface area contributed by atoms with Crippen molar-refractivity contribution in [2.45, 2.75) is 57.1 Å². The molecule has 7 nitrogen and oxygen atoms in total. The van der Waals surface area contributed by atoms with Crippen LogP contribution >= 0.6 is 39.1 Å². The standard InChI is InChI=1S/C29H32BrCl2N3O4S/c1-5-26(28(37)33-29(2,3)4)34(18-20-11-16-24(31)25(32)17-20)27(36)19-35(22-14-12-21(30)13-15-22)40(38,39)23-9-7-6-8-10-23/h6-17,26H,5,18-19H2,1-4H3,(H,33,37). The summed E-state index contributed by atoms with van der Waals surface area (Å²) in [7, 11) is -4.13. The number of anilines is 1. The molecule has 0 radical (unpaired) electrons. The zero-order valence-corrected chi connectivity index (χ0v) is 26.6. The molecule has 0 aromatic heterocycles. The van der Waals surface area contributed by atoms with E-state index in [0.717, 1.165) is 8.78 Å². The second kappa shape index (κ2) is 13.4. The molecule has 0 aliphatic rings. The molecule has 0 spiro atoms. The molecular weight excluding hydrogens is 637 g/mol. The van der Waals surface area contributed by atoms with E-state index in [1.807, 2.05) is 20.8 Å². The molecule has 1 unspecified atom stereocenters. The van der Waals surface area contributed by atoms with Crippen molar-refractivity contribution < 1.29 is 18.0 Å². The van der Waals surface area contributed by atoms with E-state index in [4.69, 9.17) is 23.2 Å². The number of carbonyl (C=O) groups excluding carboxylic acids is 2. The summed E-state index contributed by atoms with van der Waals surface area (Å²) in [6.07, 6.45) is 0.304. The van der Waals surface area contributed by atoms with Crippen LogP contribution in [0.3, 0.4) is 0 Å². The lowest BCUT2D eigenvalue weighted by Gasteiger charge is -2.34. The quantitative estimate of drug-likeness (QED) is 0.261. The van der Waals surface area contributed by atoms with Crippen molar-refractivity contribution in [2.24, 2.45) is 0 Å². The van der Waals surface area contributed by atoms with Gasteiger partial charge in [0.25, 0.3) is 10.0 Å². The molecule has 3 aromatic rings. The molecule has 0 aliphatic carbocycles. The minimum Gasteiger partial charge on any atom is -0.350 e. The van der Waals surface area contributed by atoms with E-state index in [2.05, 4.69) is 21.2 Å². The van der Waals surface area contributed by atoms with E-state index in [9.17, 15) is 18.0 Å². The molecule has 1 atom stereocenters. The Labute approximate surface area is 254 Å². The molecular formula is C29H32BrCl2N3O4S. The summed E-state index contributed by atoms with van der Waals surface area (Å²) < 4.78 is 29.4. The molecule has 0 saturated heterocycles. The second-order valence-corrected chi connectivity index (χ2v) is 13.8. The van der Waals surface area contributed by atoms with Crippen molar-refractivity contribution in [2.75, 3.05) is 10.8 Å². The molecule has 2 amide bonds. The van der Waals surface area contributed by atoms with Gasteiger partial charge in [0, 0.05) is 16.6 Å². The number of benzene rings is 3. The number of rotatable bonds is 10. The predicted octanol–water partition coefficient (Wildman–Crippen LogP) is 6.67. The molecule has 0 bridgehead atoms. The fourth-order valence-corrected chi connectivity index (χ4v) is 6.08. The maximum absolute atomic E-state index is 14.1. The molecule has 1 N–H and O–H groups in total. The number of amides is 2. The third kappa shape index (κ3) is 8.22. The van der Waals surface area contributed by atoms with Gasteiger partial charge in [-0.1, -0.05) is 70.3 Å². The Kier molecular flexibility index (Phi) is 10.7. The Morgan fingerprint density at radius 2 is 1.57 bits per heavy atom.